The van der Waals surface area contributed by atoms with E-state index < -0.39 is 23.5 Å². The Balaban J connectivity index is 3.07. The first-order chi connectivity index (χ1) is 9.77. The zero-order chi connectivity index (χ0) is 16.2. The van der Waals surface area contributed by atoms with Gasteiger partial charge in [-0.2, -0.15) is 0 Å². The largest absolute Gasteiger partial charge is 0.465 e. The topological polar surface area (TPSA) is 46.6 Å². The van der Waals surface area contributed by atoms with Crippen molar-refractivity contribution in [1.29, 1.82) is 0 Å². The number of benzene rings is 1. The number of hydrogen-bond acceptors (Lipinski definition) is 3. The summed E-state index contributed by atoms with van der Waals surface area (Å²) in [5, 5.41) is -0.214. The summed E-state index contributed by atoms with van der Waals surface area (Å²) in [5.41, 5.74) is -0.200. The van der Waals surface area contributed by atoms with Crippen molar-refractivity contribution in [3.05, 3.63) is 34.4 Å². The van der Waals surface area contributed by atoms with Gasteiger partial charge in [0.05, 0.1) is 17.2 Å². The highest BCUT2D eigenvalue weighted by atomic mass is 35.5. The number of carbonyl (C=O) groups is 2. The summed E-state index contributed by atoms with van der Waals surface area (Å²) in [6.45, 7) is 4.91. The molecule has 7 heteroatoms. The van der Waals surface area contributed by atoms with Gasteiger partial charge in [-0.1, -0.05) is 11.6 Å². The molecule has 1 aromatic rings. The smallest absolute Gasteiger partial charge is 0.325 e. The van der Waals surface area contributed by atoms with Gasteiger partial charge in [-0.05, 0) is 32.9 Å². The maximum absolute atomic E-state index is 13.3. The van der Waals surface area contributed by atoms with Gasteiger partial charge in [0.2, 0.25) is 0 Å². The molecule has 1 aromatic carbocycles. The highest BCUT2D eigenvalue weighted by Crippen LogP contribution is 2.22. The summed E-state index contributed by atoms with van der Waals surface area (Å²) in [4.78, 5) is 25.0. The van der Waals surface area contributed by atoms with Gasteiger partial charge >= 0.3 is 5.97 Å². The van der Waals surface area contributed by atoms with E-state index in [2.05, 4.69) is 0 Å². The van der Waals surface area contributed by atoms with Gasteiger partial charge in [0.25, 0.3) is 5.91 Å². The summed E-state index contributed by atoms with van der Waals surface area (Å²) >= 11 is 5.77. The predicted molar refractivity (Wildman–Crippen MR) is 74.2 cm³/mol. The number of hydrogen-bond donors (Lipinski definition) is 0. The second-order valence-electron chi connectivity index (χ2n) is 4.58. The second kappa shape index (κ2) is 7.36. The lowest BCUT2D eigenvalue weighted by Gasteiger charge is -2.26. The fraction of sp³-hybridized carbons (Fsp3) is 0.429. The monoisotopic (exact) mass is 319 g/mol. The lowest BCUT2D eigenvalue weighted by Crippen LogP contribution is -2.41. The Morgan fingerprint density at radius 1 is 1.29 bits per heavy atom. The number of amides is 1. The maximum atomic E-state index is 13.3. The van der Waals surface area contributed by atoms with Crippen molar-refractivity contribution < 1.29 is 23.1 Å². The van der Waals surface area contributed by atoms with Crippen LogP contribution in [0.15, 0.2) is 12.1 Å². The zero-order valence-electron chi connectivity index (χ0n) is 12.0. The van der Waals surface area contributed by atoms with Crippen LogP contribution >= 0.6 is 11.6 Å². The summed E-state index contributed by atoms with van der Waals surface area (Å²) < 4.78 is 31.1. The first-order valence-corrected chi connectivity index (χ1v) is 6.76. The summed E-state index contributed by atoms with van der Waals surface area (Å²) in [6.07, 6.45) is 0. The fourth-order valence-corrected chi connectivity index (χ4v) is 1.91. The zero-order valence-corrected chi connectivity index (χ0v) is 12.7. The Kier molecular flexibility index (Phi) is 6.08. The van der Waals surface area contributed by atoms with Crippen LogP contribution in [0.25, 0.3) is 0 Å². The molecule has 0 saturated carbocycles. The standard InChI is InChI=1S/C14H16ClF2NO3/c1-4-21-13(19)7-18(8(2)3)14(20)9-5-11(16)12(17)6-10(9)15/h5-6,8H,4,7H2,1-3H3. The molecule has 0 aliphatic carbocycles. The van der Waals surface area contributed by atoms with E-state index in [1.54, 1.807) is 20.8 Å². The summed E-state index contributed by atoms with van der Waals surface area (Å²) in [6, 6.07) is 1.11. The number of halogens is 3. The summed E-state index contributed by atoms with van der Waals surface area (Å²) in [5.74, 6) is -3.57. The second-order valence-corrected chi connectivity index (χ2v) is 4.99. The minimum atomic E-state index is -1.18. The van der Waals surface area contributed by atoms with Gasteiger partial charge in [0.15, 0.2) is 11.6 Å². The van der Waals surface area contributed by atoms with Crippen LogP contribution in [0, 0.1) is 11.6 Å². The molecule has 0 aliphatic rings. The molecule has 0 aromatic heterocycles. The van der Waals surface area contributed by atoms with Crippen molar-refractivity contribution in [1.82, 2.24) is 4.90 Å². The van der Waals surface area contributed by atoms with E-state index in [0.29, 0.717) is 0 Å². The van der Waals surface area contributed by atoms with Crippen molar-refractivity contribution in [2.45, 2.75) is 26.8 Å². The van der Waals surface area contributed by atoms with Gasteiger partial charge in [0.1, 0.15) is 6.54 Å². The van der Waals surface area contributed by atoms with Gasteiger partial charge in [-0.25, -0.2) is 8.78 Å². The Labute approximate surface area is 126 Å². The molecule has 0 unspecified atom stereocenters. The number of carbonyl (C=O) groups excluding carboxylic acids is 2. The van der Waals surface area contributed by atoms with E-state index in [-0.39, 0.29) is 29.8 Å². The minimum Gasteiger partial charge on any atom is -0.465 e. The molecule has 0 saturated heterocycles. The molecule has 116 valence electrons. The van der Waals surface area contributed by atoms with Crippen LogP contribution in [0.2, 0.25) is 5.02 Å². The summed E-state index contributed by atoms with van der Waals surface area (Å²) in [7, 11) is 0. The van der Waals surface area contributed by atoms with E-state index in [0.717, 1.165) is 12.1 Å². The average Bonchev–Trinajstić information content (AvgIpc) is 2.39. The third-order valence-corrected chi connectivity index (χ3v) is 3.04. The SMILES string of the molecule is CCOC(=O)CN(C(=O)c1cc(F)c(F)cc1Cl)C(C)C. The Morgan fingerprint density at radius 2 is 1.86 bits per heavy atom. The van der Waals surface area contributed by atoms with Crippen molar-refractivity contribution in [3.63, 3.8) is 0 Å². The van der Waals surface area contributed by atoms with Gasteiger partial charge in [-0.15, -0.1) is 0 Å². The molecule has 0 fully saturated rings. The van der Waals surface area contributed by atoms with Crippen molar-refractivity contribution in [2.24, 2.45) is 0 Å². The quantitative estimate of drug-likeness (QED) is 0.619. The fourth-order valence-electron chi connectivity index (χ4n) is 1.68. The number of nitrogens with zero attached hydrogens (tertiary/aromatic N) is 1. The molecule has 0 bridgehead atoms. The van der Waals surface area contributed by atoms with Gasteiger partial charge in [0, 0.05) is 6.04 Å². The molecule has 4 nitrogen and oxygen atoms in total. The average molecular weight is 320 g/mol. The molecule has 0 aliphatic heterocycles. The van der Waals surface area contributed by atoms with Gasteiger partial charge < -0.3 is 9.64 Å². The first kappa shape index (κ1) is 17.4. The molecular formula is C14H16ClF2NO3. The minimum absolute atomic E-state index is 0.185. The van der Waals surface area contributed by atoms with Crippen LogP contribution in [-0.2, 0) is 9.53 Å². The molecular weight excluding hydrogens is 304 g/mol. The van der Waals surface area contributed by atoms with E-state index in [4.69, 9.17) is 16.3 Å². The van der Waals surface area contributed by atoms with Crippen LogP contribution in [0.1, 0.15) is 31.1 Å². The lowest BCUT2D eigenvalue weighted by atomic mass is 10.1. The highest BCUT2D eigenvalue weighted by molar-refractivity contribution is 6.33. The van der Waals surface area contributed by atoms with Crippen molar-refractivity contribution in [3.8, 4) is 0 Å². The Morgan fingerprint density at radius 3 is 2.38 bits per heavy atom. The lowest BCUT2D eigenvalue weighted by molar-refractivity contribution is -0.144. The van der Waals surface area contributed by atoms with Crippen LogP contribution < -0.4 is 0 Å². The molecule has 0 N–H and O–H groups in total. The van der Waals surface area contributed by atoms with Crippen molar-refractivity contribution in [2.75, 3.05) is 13.2 Å². The number of ether oxygens (including phenoxy) is 1. The van der Waals surface area contributed by atoms with Gasteiger partial charge in [-0.3, -0.25) is 9.59 Å². The molecule has 0 spiro atoms. The molecule has 1 rings (SSSR count). The Bertz CT molecular complexity index is 549. The van der Waals surface area contributed by atoms with Crippen LogP contribution in [0.3, 0.4) is 0 Å². The molecule has 0 heterocycles. The molecule has 21 heavy (non-hydrogen) atoms. The van der Waals surface area contributed by atoms with Crippen LogP contribution in [0.4, 0.5) is 8.78 Å². The van der Waals surface area contributed by atoms with E-state index in [9.17, 15) is 18.4 Å². The number of esters is 1. The van der Waals surface area contributed by atoms with Crippen molar-refractivity contribution >= 4 is 23.5 Å². The maximum Gasteiger partial charge on any atom is 0.325 e. The predicted octanol–water partition coefficient (Wildman–Crippen LogP) is 3.03. The highest BCUT2D eigenvalue weighted by Gasteiger charge is 2.25. The third-order valence-electron chi connectivity index (χ3n) is 2.73. The van der Waals surface area contributed by atoms with Crippen LogP contribution in [0.5, 0.6) is 0 Å². The van der Waals surface area contributed by atoms with E-state index in [1.807, 2.05) is 0 Å². The number of rotatable bonds is 5. The third kappa shape index (κ3) is 4.39. The normalized spacial score (nSPS) is 10.6. The molecule has 0 atom stereocenters. The molecule has 0 radical (unpaired) electrons. The first-order valence-electron chi connectivity index (χ1n) is 6.39. The van der Waals surface area contributed by atoms with E-state index in [1.165, 1.54) is 4.90 Å². The Hall–Kier alpha value is -1.69. The molecule has 1 amide bonds. The van der Waals surface area contributed by atoms with Crippen LogP contribution in [-0.4, -0.2) is 36.0 Å². The van der Waals surface area contributed by atoms with E-state index >= 15 is 0 Å².